The summed E-state index contributed by atoms with van der Waals surface area (Å²) < 4.78 is 5.30. The summed E-state index contributed by atoms with van der Waals surface area (Å²) in [6.07, 6.45) is 2.53. The highest BCUT2D eigenvalue weighted by Gasteiger charge is 2.01. The molecule has 0 fully saturated rings. The lowest BCUT2D eigenvalue weighted by Crippen LogP contribution is -2.06. The Bertz CT molecular complexity index is 573. The van der Waals surface area contributed by atoms with E-state index in [2.05, 4.69) is 16.4 Å². The van der Waals surface area contributed by atoms with Crippen LogP contribution in [0.25, 0.3) is 0 Å². The molecule has 1 aromatic heterocycles. The fourth-order valence-corrected chi connectivity index (χ4v) is 1.82. The molecule has 96 valence electrons. The van der Waals surface area contributed by atoms with Gasteiger partial charge in [-0.05, 0) is 30.2 Å². The zero-order valence-corrected chi connectivity index (χ0v) is 10.8. The number of rotatable bonds is 5. The minimum Gasteiger partial charge on any atom is -0.496 e. The number of ether oxygens (including phenoxy) is 1. The molecule has 1 N–H and O–H groups in total. The second kappa shape index (κ2) is 6.41. The van der Waals surface area contributed by atoms with Crippen molar-refractivity contribution in [1.82, 2.24) is 4.98 Å². The molecule has 2 rings (SSSR count). The largest absolute Gasteiger partial charge is 0.496 e. The van der Waals surface area contributed by atoms with Crippen LogP contribution in [-0.4, -0.2) is 18.6 Å². The highest BCUT2D eigenvalue weighted by molar-refractivity contribution is 5.43. The molecule has 0 bridgehead atoms. The van der Waals surface area contributed by atoms with E-state index < -0.39 is 0 Å². The number of pyridine rings is 1. The average Bonchev–Trinajstić information content (AvgIpc) is 2.48. The van der Waals surface area contributed by atoms with E-state index in [9.17, 15) is 0 Å². The Morgan fingerprint density at radius 2 is 2.11 bits per heavy atom. The first-order chi connectivity index (χ1) is 9.33. The van der Waals surface area contributed by atoms with Gasteiger partial charge in [0.25, 0.3) is 0 Å². The number of benzene rings is 1. The zero-order chi connectivity index (χ0) is 13.5. The number of aromatic nitrogens is 1. The zero-order valence-electron chi connectivity index (χ0n) is 10.8. The molecule has 19 heavy (non-hydrogen) atoms. The van der Waals surface area contributed by atoms with Crippen molar-refractivity contribution in [2.45, 2.75) is 6.42 Å². The Morgan fingerprint density at radius 3 is 2.79 bits per heavy atom. The first-order valence-corrected chi connectivity index (χ1v) is 6.05. The minimum absolute atomic E-state index is 0.426. The summed E-state index contributed by atoms with van der Waals surface area (Å²) in [7, 11) is 1.68. The highest BCUT2D eigenvalue weighted by Crippen LogP contribution is 2.17. The van der Waals surface area contributed by atoms with Crippen LogP contribution in [0, 0.1) is 11.3 Å². The monoisotopic (exact) mass is 253 g/mol. The molecule has 4 nitrogen and oxygen atoms in total. The Balaban J connectivity index is 1.91. The summed E-state index contributed by atoms with van der Waals surface area (Å²) in [5, 5.41) is 11.9. The SMILES string of the molecule is COc1ccccc1CCNc1ccc(C#N)nc1. The van der Waals surface area contributed by atoms with Crippen molar-refractivity contribution in [3.63, 3.8) is 0 Å². The molecule has 0 saturated carbocycles. The van der Waals surface area contributed by atoms with Crippen LogP contribution < -0.4 is 10.1 Å². The van der Waals surface area contributed by atoms with Gasteiger partial charge in [-0.25, -0.2) is 4.98 Å². The molecule has 0 unspecified atom stereocenters. The van der Waals surface area contributed by atoms with E-state index in [-0.39, 0.29) is 0 Å². The van der Waals surface area contributed by atoms with Gasteiger partial charge >= 0.3 is 0 Å². The van der Waals surface area contributed by atoms with Gasteiger partial charge in [-0.2, -0.15) is 5.26 Å². The van der Waals surface area contributed by atoms with Crippen molar-refractivity contribution in [2.24, 2.45) is 0 Å². The van der Waals surface area contributed by atoms with E-state index in [0.29, 0.717) is 5.69 Å². The van der Waals surface area contributed by atoms with Crippen molar-refractivity contribution in [1.29, 1.82) is 5.26 Å². The summed E-state index contributed by atoms with van der Waals surface area (Å²) in [5.41, 5.74) is 2.50. The summed E-state index contributed by atoms with van der Waals surface area (Å²) in [6, 6.07) is 13.5. The van der Waals surface area contributed by atoms with Gasteiger partial charge in [-0.3, -0.25) is 0 Å². The molecule has 0 atom stereocenters. The van der Waals surface area contributed by atoms with Crippen LogP contribution in [0.2, 0.25) is 0 Å². The standard InChI is InChI=1S/C15H15N3O/c1-19-15-5-3-2-4-12(15)8-9-17-14-7-6-13(10-16)18-11-14/h2-7,11,17H,8-9H2,1H3. The van der Waals surface area contributed by atoms with Crippen LogP contribution in [0.15, 0.2) is 42.6 Å². The van der Waals surface area contributed by atoms with E-state index in [1.54, 1.807) is 19.4 Å². The Morgan fingerprint density at radius 1 is 1.26 bits per heavy atom. The van der Waals surface area contributed by atoms with Crippen molar-refractivity contribution in [3.05, 3.63) is 53.9 Å². The van der Waals surface area contributed by atoms with Crippen molar-refractivity contribution < 1.29 is 4.74 Å². The molecule has 0 spiro atoms. The fraction of sp³-hybridized carbons (Fsp3) is 0.200. The molecule has 0 radical (unpaired) electrons. The molecule has 0 aliphatic heterocycles. The van der Waals surface area contributed by atoms with Gasteiger partial charge in [-0.1, -0.05) is 18.2 Å². The van der Waals surface area contributed by atoms with E-state index in [1.807, 2.05) is 30.3 Å². The summed E-state index contributed by atoms with van der Waals surface area (Å²) >= 11 is 0. The molecule has 0 aliphatic carbocycles. The van der Waals surface area contributed by atoms with Crippen LogP contribution >= 0.6 is 0 Å². The molecular weight excluding hydrogens is 238 g/mol. The smallest absolute Gasteiger partial charge is 0.140 e. The Kier molecular flexibility index (Phi) is 4.35. The maximum atomic E-state index is 8.66. The van der Waals surface area contributed by atoms with Gasteiger partial charge in [0, 0.05) is 6.54 Å². The average molecular weight is 253 g/mol. The summed E-state index contributed by atoms with van der Waals surface area (Å²) in [5.74, 6) is 0.905. The molecule has 1 aromatic carbocycles. The topological polar surface area (TPSA) is 57.9 Å². The molecule has 1 heterocycles. The van der Waals surface area contributed by atoms with Crippen LogP contribution in [-0.2, 0) is 6.42 Å². The number of hydrogen-bond acceptors (Lipinski definition) is 4. The van der Waals surface area contributed by atoms with Gasteiger partial charge in [0.15, 0.2) is 0 Å². The van der Waals surface area contributed by atoms with Gasteiger partial charge in [0.2, 0.25) is 0 Å². The quantitative estimate of drug-likeness (QED) is 0.889. The van der Waals surface area contributed by atoms with E-state index in [0.717, 1.165) is 24.4 Å². The molecule has 4 heteroatoms. The van der Waals surface area contributed by atoms with Crippen molar-refractivity contribution in [3.8, 4) is 11.8 Å². The van der Waals surface area contributed by atoms with Crippen molar-refractivity contribution >= 4 is 5.69 Å². The molecule has 0 amide bonds. The number of hydrogen-bond donors (Lipinski definition) is 1. The third-order valence-corrected chi connectivity index (χ3v) is 2.79. The first-order valence-electron chi connectivity index (χ1n) is 6.05. The summed E-state index contributed by atoms with van der Waals surface area (Å²) in [4.78, 5) is 4.01. The number of anilines is 1. The normalized spacial score (nSPS) is 9.68. The molecular formula is C15H15N3O. The number of nitrogens with zero attached hydrogens (tertiary/aromatic N) is 2. The maximum Gasteiger partial charge on any atom is 0.140 e. The Hall–Kier alpha value is -2.54. The van der Waals surface area contributed by atoms with Gasteiger partial charge < -0.3 is 10.1 Å². The highest BCUT2D eigenvalue weighted by atomic mass is 16.5. The number of nitriles is 1. The first kappa shape index (κ1) is 12.9. The van der Waals surface area contributed by atoms with Crippen molar-refractivity contribution in [2.75, 3.05) is 19.0 Å². The lowest BCUT2D eigenvalue weighted by atomic mass is 10.1. The number of para-hydroxylation sites is 1. The fourth-order valence-electron chi connectivity index (χ4n) is 1.82. The van der Waals surface area contributed by atoms with E-state index in [4.69, 9.17) is 10.00 Å². The van der Waals surface area contributed by atoms with Gasteiger partial charge in [0.1, 0.15) is 17.5 Å². The van der Waals surface area contributed by atoms with E-state index in [1.165, 1.54) is 5.56 Å². The van der Waals surface area contributed by atoms with Crippen LogP contribution in [0.1, 0.15) is 11.3 Å². The summed E-state index contributed by atoms with van der Waals surface area (Å²) in [6.45, 7) is 0.786. The third-order valence-electron chi connectivity index (χ3n) is 2.79. The molecule has 2 aromatic rings. The van der Waals surface area contributed by atoms with Gasteiger partial charge in [-0.15, -0.1) is 0 Å². The third kappa shape index (κ3) is 3.46. The lowest BCUT2D eigenvalue weighted by molar-refractivity contribution is 0.410. The van der Waals surface area contributed by atoms with Crippen LogP contribution in [0.4, 0.5) is 5.69 Å². The number of methoxy groups -OCH3 is 1. The minimum atomic E-state index is 0.426. The second-order valence-electron chi connectivity index (χ2n) is 4.03. The molecule has 0 aliphatic rings. The predicted octanol–water partition coefficient (Wildman–Crippen LogP) is 2.62. The van der Waals surface area contributed by atoms with E-state index >= 15 is 0 Å². The second-order valence-corrected chi connectivity index (χ2v) is 4.03. The Labute approximate surface area is 112 Å². The number of nitrogens with one attached hydrogen (secondary N) is 1. The van der Waals surface area contributed by atoms with Crippen LogP contribution in [0.3, 0.4) is 0 Å². The van der Waals surface area contributed by atoms with Crippen LogP contribution in [0.5, 0.6) is 5.75 Å². The molecule has 0 saturated heterocycles. The maximum absolute atomic E-state index is 8.66. The lowest BCUT2D eigenvalue weighted by Gasteiger charge is -2.09. The van der Waals surface area contributed by atoms with Gasteiger partial charge in [0.05, 0.1) is 19.0 Å². The predicted molar refractivity (Wildman–Crippen MR) is 74.1 cm³/mol.